The van der Waals surface area contributed by atoms with Crippen molar-refractivity contribution in [3.63, 3.8) is 0 Å². The lowest BCUT2D eigenvalue weighted by molar-refractivity contribution is -0.122. The third kappa shape index (κ3) is 4.94. The molecule has 0 radical (unpaired) electrons. The summed E-state index contributed by atoms with van der Waals surface area (Å²) >= 11 is 0. The topological polar surface area (TPSA) is 44.4 Å². The molecule has 2 rings (SSSR count). The minimum Gasteiger partial charge on any atom is -0.355 e. The van der Waals surface area contributed by atoms with Gasteiger partial charge in [0.15, 0.2) is 0 Å². The number of nitrogens with zero attached hydrogens (tertiary/aromatic N) is 1. The normalized spacial score (nSPS) is 22.9. The molecule has 1 heterocycles. The van der Waals surface area contributed by atoms with Gasteiger partial charge < -0.3 is 10.6 Å². The average Bonchev–Trinajstić information content (AvgIpc) is 2.41. The summed E-state index contributed by atoms with van der Waals surface area (Å²) in [6, 6.07) is 0. The molecule has 0 bridgehead atoms. The number of hydrogen-bond acceptors (Lipinski definition) is 3. The Morgan fingerprint density at radius 2 is 1.89 bits per heavy atom. The van der Waals surface area contributed by atoms with Crippen molar-refractivity contribution < 1.29 is 4.79 Å². The number of carbonyl (C=O) groups excluding carboxylic acids is 1. The average molecular weight is 253 g/mol. The second kappa shape index (κ2) is 7.74. The van der Waals surface area contributed by atoms with Gasteiger partial charge in [0, 0.05) is 32.7 Å². The van der Waals surface area contributed by atoms with Gasteiger partial charge in [0.25, 0.3) is 0 Å². The molecule has 4 heteroatoms. The molecule has 1 amide bonds. The van der Waals surface area contributed by atoms with E-state index in [9.17, 15) is 4.79 Å². The third-order valence-electron chi connectivity index (χ3n) is 4.18. The zero-order valence-electron chi connectivity index (χ0n) is 11.4. The highest BCUT2D eigenvalue weighted by atomic mass is 16.2. The van der Waals surface area contributed by atoms with Crippen molar-refractivity contribution >= 4 is 5.91 Å². The summed E-state index contributed by atoms with van der Waals surface area (Å²) in [6.07, 6.45) is 8.10. The highest BCUT2D eigenvalue weighted by molar-refractivity contribution is 5.77. The second-order valence-electron chi connectivity index (χ2n) is 5.67. The first-order chi connectivity index (χ1) is 8.84. The Bertz CT molecular complexity index is 245. The van der Waals surface area contributed by atoms with Gasteiger partial charge in [-0.1, -0.05) is 32.1 Å². The lowest BCUT2D eigenvalue weighted by Gasteiger charge is -2.26. The van der Waals surface area contributed by atoms with E-state index in [2.05, 4.69) is 15.5 Å². The van der Waals surface area contributed by atoms with Crippen molar-refractivity contribution in [3.05, 3.63) is 0 Å². The molecule has 0 spiro atoms. The van der Waals surface area contributed by atoms with E-state index in [0.717, 1.165) is 38.6 Å². The molecule has 1 aliphatic carbocycles. The Morgan fingerprint density at radius 3 is 2.61 bits per heavy atom. The Kier molecular flexibility index (Phi) is 5.94. The van der Waals surface area contributed by atoms with Crippen LogP contribution < -0.4 is 10.6 Å². The molecular formula is C14H27N3O. The summed E-state index contributed by atoms with van der Waals surface area (Å²) < 4.78 is 0. The van der Waals surface area contributed by atoms with E-state index in [1.807, 2.05) is 0 Å². The molecule has 2 fully saturated rings. The van der Waals surface area contributed by atoms with Crippen molar-refractivity contribution in [2.45, 2.75) is 38.5 Å². The lowest BCUT2D eigenvalue weighted by Crippen LogP contribution is -2.47. The Balaban J connectivity index is 1.53. The predicted octanol–water partition coefficient (Wildman–Crippen LogP) is 0.978. The fourth-order valence-electron chi connectivity index (χ4n) is 3.02. The van der Waals surface area contributed by atoms with Gasteiger partial charge in [0.05, 0.1) is 6.54 Å². The molecule has 1 saturated carbocycles. The van der Waals surface area contributed by atoms with Crippen LogP contribution in [0, 0.1) is 5.92 Å². The van der Waals surface area contributed by atoms with Gasteiger partial charge in [-0.3, -0.25) is 9.69 Å². The first-order valence-electron chi connectivity index (χ1n) is 7.54. The Morgan fingerprint density at radius 1 is 1.17 bits per heavy atom. The SMILES string of the molecule is O=C(CN1CCNCC1)NCCC1CCCCC1. The fraction of sp³-hybridized carbons (Fsp3) is 0.929. The third-order valence-corrected chi connectivity index (χ3v) is 4.18. The van der Waals surface area contributed by atoms with Gasteiger partial charge in [-0.15, -0.1) is 0 Å². The zero-order chi connectivity index (χ0) is 12.6. The number of hydrogen-bond donors (Lipinski definition) is 2. The minimum atomic E-state index is 0.202. The molecule has 0 atom stereocenters. The van der Waals surface area contributed by atoms with Crippen molar-refractivity contribution in [1.82, 2.24) is 15.5 Å². The van der Waals surface area contributed by atoms with Gasteiger partial charge in [0.1, 0.15) is 0 Å². The number of rotatable bonds is 5. The van der Waals surface area contributed by atoms with E-state index in [1.54, 1.807) is 0 Å². The van der Waals surface area contributed by atoms with Crippen LogP contribution in [0.3, 0.4) is 0 Å². The van der Waals surface area contributed by atoms with E-state index in [4.69, 9.17) is 0 Å². The summed E-state index contributed by atoms with van der Waals surface area (Å²) in [5, 5.41) is 6.38. The fourth-order valence-corrected chi connectivity index (χ4v) is 3.02. The summed E-state index contributed by atoms with van der Waals surface area (Å²) in [4.78, 5) is 14.0. The molecule has 2 aliphatic rings. The maximum Gasteiger partial charge on any atom is 0.234 e. The number of nitrogens with one attached hydrogen (secondary N) is 2. The van der Waals surface area contributed by atoms with Crippen molar-refractivity contribution in [2.24, 2.45) is 5.92 Å². The van der Waals surface area contributed by atoms with Gasteiger partial charge in [-0.2, -0.15) is 0 Å². The molecule has 1 aliphatic heterocycles. The van der Waals surface area contributed by atoms with Gasteiger partial charge in [-0.25, -0.2) is 0 Å². The van der Waals surface area contributed by atoms with Gasteiger partial charge in [-0.05, 0) is 12.3 Å². The minimum absolute atomic E-state index is 0.202. The Hall–Kier alpha value is -0.610. The molecule has 0 aromatic rings. The van der Waals surface area contributed by atoms with Crippen LogP contribution in [-0.2, 0) is 4.79 Å². The van der Waals surface area contributed by atoms with Crippen LogP contribution in [0.1, 0.15) is 38.5 Å². The van der Waals surface area contributed by atoms with E-state index < -0.39 is 0 Å². The maximum atomic E-state index is 11.8. The van der Waals surface area contributed by atoms with Gasteiger partial charge >= 0.3 is 0 Å². The molecule has 0 aromatic carbocycles. The highest BCUT2D eigenvalue weighted by Gasteiger charge is 2.15. The molecular weight excluding hydrogens is 226 g/mol. The summed E-state index contributed by atoms with van der Waals surface area (Å²) in [5.41, 5.74) is 0. The van der Waals surface area contributed by atoms with E-state index >= 15 is 0 Å². The standard InChI is InChI=1S/C14H27N3O/c18-14(12-17-10-8-15-9-11-17)16-7-6-13-4-2-1-3-5-13/h13,15H,1-12H2,(H,16,18). The van der Waals surface area contributed by atoms with Crippen molar-refractivity contribution in [3.8, 4) is 0 Å². The lowest BCUT2D eigenvalue weighted by atomic mass is 9.87. The molecule has 4 nitrogen and oxygen atoms in total. The molecule has 0 aromatic heterocycles. The van der Waals surface area contributed by atoms with E-state index in [1.165, 1.54) is 38.5 Å². The number of amides is 1. The molecule has 1 saturated heterocycles. The first kappa shape index (κ1) is 13.8. The van der Waals surface area contributed by atoms with Crippen LogP contribution in [0.2, 0.25) is 0 Å². The van der Waals surface area contributed by atoms with Crippen molar-refractivity contribution in [2.75, 3.05) is 39.3 Å². The summed E-state index contributed by atoms with van der Waals surface area (Å²) in [6.45, 7) is 5.46. The molecule has 2 N–H and O–H groups in total. The Labute approximate surface area is 110 Å². The van der Waals surface area contributed by atoms with Crippen LogP contribution in [0.15, 0.2) is 0 Å². The van der Waals surface area contributed by atoms with Gasteiger partial charge in [0.2, 0.25) is 5.91 Å². The highest BCUT2D eigenvalue weighted by Crippen LogP contribution is 2.25. The molecule has 0 unspecified atom stereocenters. The van der Waals surface area contributed by atoms with E-state index in [-0.39, 0.29) is 5.91 Å². The molecule has 18 heavy (non-hydrogen) atoms. The molecule has 104 valence electrons. The maximum absolute atomic E-state index is 11.8. The number of carbonyl (C=O) groups is 1. The van der Waals surface area contributed by atoms with Crippen LogP contribution in [0.4, 0.5) is 0 Å². The predicted molar refractivity (Wildman–Crippen MR) is 73.5 cm³/mol. The van der Waals surface area contributed by atoms with E-state index in [0.29, 0.717) is 6.54 Å². The number of piperazine rings is 1. The van der Waals surface area contributed by atoms with Crippen LogP contribution in [-0.4, -0.2) is 50.1 Å². The summed E-state index contributed by atoms with van der Waals surface area (Å²) in [7, 11) is 0. The van der Waals surface area contributed by atoms with Crippen LogP contribution >= 0.6 is 0 Å². The second-order valence-corrected chi connectivity index (χ2v) is 5.67. The zero-order valence-corrected chi connectivity index (χ0v) is 11.4. The smallest absolute Gasteiger partial charge is 0.234 e. The van der Waals surface area contributed by atoms with Crippen LogP contribution in [0.25, 0.3) is 0 Å². The first-order valence-corrected chi connectivity index (χ1v) is 7.54. The largest absolute Gasteiger partial charge is 0.355 e. The summed E-state index contributed by atoms with van der Waals surface area (Å²) in [5.74, 6) is 1.06. The van der Waals surface area contributed by atoms with Crippen LogP contribution in [0.5, 0.6) is 0 Å². The monoisotopic (exact) mass is 253 g/mol. The van der Waals surface area contributed by atoms with Crippen molar-refractivity contribution in [1.29, 1.82) is 0 Å². The quantitative estimate of drug-likeness (QED) is 0.767.